The van der Waals surface area contributed by atoms with E-state index in [4.69, 9.17) is 56.8 Å². The predicted molar refractivity (Wildman–Crippen MR) is 484 cm³/mol. The zero-order chi connectivity index (χ0) is 98.9. The van der Waals surface area contributed by atoms with Gasteiger partial charge in [-0.1, -0.05) is 120 Å². The second-order valence-corrected chi connectivity index (χ2v) is 40.7. The van der Waals surface area contributed by atoms with Crippen LogP contribution in [0, 0.1) is 45.8 Å². The molecular weight excluding hydrogens is 1950 g/mol. The molecule has 7 fully saturated rings. The number of rotatable bonds is 9. The molecule has 33 nitrogen and oxygen atoms in total. The molecule has 0 spiro atoms. The van der Waals surface area contributed by atoms with E-state index in [-0.39, 0.29) is 166 Å². The number of carbonyl (C=O) groups excluding carboxylic acids is 9. The first-order valence-electron chi connectivity index (χ1n) is 47.5. The first-order valence-corrected chi connectivity index (χ1v) is 47.5. The summed E-state index contributed by atoms with van der Waals surface area (Å²) in [7, 11) is 4.45. The molecule has 140 heavy (non-hydrogen) atoms. The molecule has 2 unspecified atom stereocenters. The molecule has 6 amide bonds. The summed E-state index contributed by atoms with van der Waals surface area (Å²) in [5.74, 6) is -12.9. The molecule has 9 heterocycles. The number of halogens is 6. The first kappa shape index (κ1) is 111. The van der Waals surface area contributed by atoms with Crippen LogP contribution in [-0.2, 0) is 131 Å². The Kier molecular flexibility index (Phi) is 36.1. The second kappa shape index (κ2) is 45.5. The number of fused-ring (bicyclic) bond motifs is 17. The van der Waals surface area contributed by atoms with E-state index in [1.165, 1.54) is 36.0 Å². The Morgan fingerprint density at radius 1 is 0.414 bits per heavy atom. The van der Waals surface area contributed by atoms with Gasteiger partial charge < -0.3 is 102 Å². The molecule has 16 rings (SSSR count). The van der Waals surface area contributed by atoms with E-state index in [2.05, 4.69) is 45.9 Å². The number of carbonyl (C=O) groups is 6. The number of alkyl halides is 6. The summed E-state index contributed by atoms with van der Waals surface area (Å²) in [6.07, 6.45) is 3.02. The maximum absolute atomic E-state index is 16.0. The van der Waals surface area contributed by atoms with Crippen molar-refractivity contribution in [3.8, 4) is 34.9 Å². The molecule has 763 valence electrons. The van der Waals surface area contributed by atoms with Crippen molar-refractivity contribution < 1.29 is 182 Å². The van der Waals surface area contributed by atoms with Crippen molar-refractivity contribution >= 4 is 88.0 Å². The molecule has 20 atom stereocenters. The molecule has 4 saturated carbocycles. The molecule has 6 aromatic rings. The summed E-state index contributed by atoms with van der Waals surface area (Å²) in [5, 5.41) is 8.24. The minimum Gasteiger partial charge on any atom is -0.540 e. The molecule has 6 bridgehead atoms. The van der Waals surface area contributed by atoms with E-state index < -0.39 is 215 Å². The summed E-state index contributed by atoms with van der Waals surface area (Å²) in [5.41, 5.74) is -3.64. The number of amides is 6. The van der Waals surface area contributed by atoms with E-state index >= 15 is 26.3 Å². The molecule has 3 N–H and O–H groups in total. The SMILES string of the molecule is CC[C@@H]1[C@@H]2CN(C(=O)[C@H](C(C)(C)C)NC(=O)O[C@@H]3CC4CC4[C@H]3OCCCC(F)(F)c3nc4ccc(OC)cc4nc3O2)[C@@H]1[C-]=O.CC[C@@H]1[C@@H]2CN(C(=O)[C@H](C(C)(C)C)NC(=O)O[C@@H]3CCC[C@H]3OCCCC(F)(F)c3nc4ccc(OC)cc4nc3O2)[C@@H]1[C-]=O.CC[C@@H]1[C@@H]2CN(C(=O)[C@H](C(C)(C)C)NC(=O)O[C@]3(C)CCC[C@H]3OCCCC(F)(F)c3nc4ccc(OC)cc4nc3O2)[C@@H]1[C-]=O.[V].[V].[V]. The van der Waals surface area contributed by atoms with Gasteiger partial charge in [-0.15, -0.1) is 0 Å². The number of hydrogen-bond donors (Lipinski definition) is 3. The van der Waals surface area contributed by atoms with Crippen LogP contribution >= 0.6 is 0 Å². The average molecular weight is 2070 g/mol. The van der Waals surface area contributed by atoms with Crippen molar-refractivity contribution in [2.24, 2.45) is 45.8 Å². The molecule has 6 aliphatic heterocycles. The van der Waals surface area contributed by atoms with Gasteiger partial charge >= 0.3 is 18.3 Å². The van der Waals surface area contributed by atoms with Gasteiger partial charge in [0.05, 0.1) is 92.4 Å². The zero-order valence-electron chi connectivity index (χ0n) is 81.6. The van der Waals surface area contributed by atoms with E-state index in [0.29, 0.717) is 80.0 Å². The normalized spacial score (nSPS) is 30.4. The van der Waals surface area contributed by atoms with Crippen molar-refractivity contribution in [3.05, 3.63) is 71.7 Å². The van der Waals surface area contributed by atoms with Crippen LogP contribution in [-0.4, -0.2) is 251 Å². The van der Waals surface area contributed by atoms with Crippen molar-refractivity contribution in [3.63, 3.8) is 0 Å². The van der Waals surface area contributed by atoms with Crippen LogP contribution in [0.3, 0.4) is 0 Å². The summed E-state index contributed by atoms with van der Waals surface area (Å²) >= 11 is 0. The number of aromatic nitrogens is 6. The van der Waals surface area contributed by atoms with Crippen LogP contribution in [0.4, 0.5) is 40.7 Å². The third-order valence-electron chi connectivity index (χ3n) is 28.1. The van der Waals surface area contributed by atoms with Crippen LogP contribution in [0.25, 0.3) is 33.1 Å². The van der Waals surface area contributed by atoms with Crippen LogP contribution in [0.15, 0.2) is 54.6 Å². The molecule has 10 aliphatic rings. The summed E-state index contributed by atoms with van der Waals surface area (Å²) in [6.45, 7) is 23.1. The van der Waals surface area contributed by atoms with E-state index in [0.717, 1.165) is 19.3 Å². The van der Waals surface area contributed by atoms with Crippen LogP contribution in [0.2, 0.25) is 0 Å². The quantitative estimate of drug-likeness (QED) is 0.0687. The minimum absolute atomic E-state index is 0. The van der Waals surface area contributed by atoms with E-state index in [1.807, 2.05) is 39.6 Å². The summed E-state index contributed by atoms with van der Waals surface area (Å²) < 4.78 is 166. The fraction of sp³-hybridized carbons (Fsp3) is 0.663. The Morgan fingerprint density at radius 3 is 1.12 bits per heavy atom. The van der Waals surface area contributed by atoms with Gasteiger partial charge in [-0.2, -0.15) is 26.3 Å². The Balaban J connectivity index is 0.000000199. The van der Waals surface area contributed by atoms with Crippen molar-refractivity contribution in [2.75, 3.05) is 60.8 Å². The monoisotopic (exact) mass is 2070 g/mol. The zero-order valence-corrected chi connectivity index (χ0v) is 85.8. The smallest absolute Gasteiger partial charge is 0.408 e. The van der Waals surface area contributed by atoms with Crippen molar-refractivity contribution in [2.45, 2.75) is 308 Å². The second-order valence-electron chi connectivity index (χ2n) is 40.7. The van der Waals surface area contributed by atoms with Gasteiger partial charge in [0.2, 0.25) is 35.4 Å². The molecular formula is C98H125F6N12O21V3-3. The first-order chi connectivity index (χ1) is 64.9. The maximum Gasteiger partial charge on any atom is 0.408 e. The van der Waals surface area contributed by atoms with Crippen LogP contribution < -0.4 is 44.4 Å². The van der Waals surface area contributed by atoms with E-state index in [1.54, 1.807) is 124 Å². The van der Waals surface area contributed by atoms with Gasteiger partial charge in [0.15, 0.2) is 17.1 Å². The third kappa shape index (κ3) is 24.4. The van der Waals surface area contributed by atoms with E-state index in [9.17, 15) is 43.2 Å². The van der Waals surface area contributed by atoms with Crippen molar-refractivity contribution in [1.29, 1.82) is 0 Å². The summed E-state index contributed by atoms with van der Waals surface area (Å²) in [6, 6.07) is 7.89. The van der Waals surface area contributed by atoms with Gasteiger partial charge in [0.25, 0.3) is 17.8 Å². The van der Waals surface area contributed by atoms with Gasteiger partial charge in [-0.25, -0.2) is 63.1 Å². The number of hydrogen-bond acceptors (Lipinski definition) is 27. The van der Waals surface area contributed by atoms with Gasteiger partial charge in [0, 0.05) is 113 Å². The maximum atomic E-state index is 16.0. The fourth-order valence-electron chi connectivity index (χ4n) is 20.4. The van der Waals surface area contributed by atoms with Gasteiger partial charge in [-0.3, -0.25) is 14.4 Å². The number of alkyl carbamates (subject to hydrolysis) is 3. The molecule has 3 aromatic carbocycles. The van der Waals surface area contributed by atoms with Crippen LogP contribution in [0.1, 0.15) is 216 Å². The predicted octanol–water partition coefficient (Wildman–Crippen LogP) is 14.3. The minimum atomic E-state index is -3.45. The Hall–Kier alpha value is -9.08. The summed E-state index contributed by atoms with van der Waals surface area (Å²) in [4.78, 5) is 149. The Labute approximate surface area is 846 Å². The molecule has 3 radical (unpaired) electrons. The third-order valence-corrected chi connectivity index (χ3v) is 28.1. The Morgan fingerprint density at radius 2 is 0.764 bits per heavy atom. The number of ether oxygens (including phenoxy) is 12. The standard InChI is InChI=1S/C33H41F2N4O7.C33H43F2N4O7.C32H41F2N4O7.3V/c1-6-19-23(16-40)39-15-25(19)45-29-27(36-21-9-8-18(43-5)14-22(21)37-29)33(34,35)10-7-11-44-26-20-12-17(20)13-24(26)46-31(42)38-28(30(39)41)32(2,3)4;1-7-20-23(18-40)39-17-24(20)45-28-26(36-21-12-11-19(43-6)16-22(21)37-28)33(34,35)14-9-15-44-25-10-8-13-32(25,5)46-30(42)38-27(29(39)41)31(2,3)4;1-6-19-22(17-39)38-16-25(19)44-28-26(35-20-12-11-18(42-5)15-21(20)36-28)32(33,34)13-8-14-43-23-9-7-10-24(23)45-30(41)37-27(29(38)40)31(2,3)4;;;/h8-9,14,17,19-20,23-26,28H,6-7,10-13,15H2,1-5H3,(H,38,42);11-12,16,20,23-25,27H,7-10,13-15,17H2,1-6H3,(H,38,42);11-12,15,19,22-25,27H,6-10,13-14,16H2,1-5H3,(H,37,41);;;/q3*-1;;;/t17?,19-,20?,23+,24+,25-,26+,28+;20-,23+,24-,25+,27+,32+;19-,22+,23+,24+,25-,27+;;;/m000.../s1. The number of methoxy groups -OCH3 is 3. The molecule has 3 aromatic heterocycles. The van der Waals surface area contributed by atoms with Crippen LogP contribution in [0.5, 0.6) is 34.9 Å². The molecule has 4 aliphatic carbocycles. The molecule has 3 saturated heterocycles. The number of benzene rings is 3. The number of nitrogens with one attached hydrogen (secondary N) is 3. The largest absolute Gasteiger partial charge is 0.540 e. The van der Waals surface area contributed by atoms with Gasteiger partial charge in [0.1, 0.15) is 71.5 Å². The fourth-order valence-corrected chi connectivity index (χ4v) is 20.4. The van der Waals surface area contributed by atoms with Gasteiger partial charge in [-0.05, 0) is 160 Å². The topological polar surface area (TPSA) is 388 Å². The Bertz CT molecular complexity index is 5330. The molecule has 42 heteroatoms. The van der Waals surface area contributed by atoms with Crippen molar-refractivity contribution in [1.82, 2.24) is 60.6 Å². The average Bonchev–Trinajstić information content (AvgIpc) is 1.59. The number of nitrogens with zero attached hydrogens (tertiary/aromatic N) is 9.